The lowest BCUT2D eigenvalue weighted by molar-refractivity contribution is -0.826. The summed E-state index contributed by atoms with van der Waals surface area (Å²) in [4.78, 5) is 0. The molecule has 0 heterocycles. The van der Waals surface area contributed by atoms with Crippen molar-refractivity contribution in [2.45, 2.75) is 12.8 Å². The van der Waals surface area contributed by atoms with Crippen molar-refractivity contribution in [1.29, 1.82) is 0 Å². The predicted molar refractivity (Wildman–Crippen MR) is 42.3 cm³/mol. The van der Waals surface area contributed by atoms with Gasteiger partial charge in [-0.05, 0) is 12.8 Å². The van der Waals surface area contributed by atoms with Crippen LogP contribution in [0.5, 0.6) is 0 Å². The highest BCUT2D eigenvalue weighted by molar-refractivity contribution is 6.17. The summed E-state index contributed by atoms with van der Waals surface area (Å²) in [5.41, 5.74) is 0. The van der Waals surface area contributed by atoms with E-state index in [0.717, 1.165) is 12.8 Å². The van der Waals surface area contributed by atoms with Gasteiger partial charge in [-0.25, -0.2) is 0 Å². The number of alkyl halides is 1. The average molecular weight is 174 g/mol. The molecule has 0 aromatic rings. The Labute approximate surface area is 67.2 Å². The number of rotatable bonds is 4. The van der Waals surface area contributed by atoms with Crippen LogP contribution in [0.1, 0.15) is 12.8 Å². The monoisotopic (exact) mass is 173 g/mol. The van der Waals surface area contributed by atoms with Crippen LogP contribution in [-0.4, -0.2) is 19.5 Å². The van der Waals surface area contributed by atoms with E-state index in [4.69, 9.17) is 11.6 Å². The molecule has 0 saturated carbocycles. The van der Waals surface area contributed by atoms with E-state index in [1.807, 2.05) is 0 Å². The van der Waals surface area contributed by atoms with Gasteiger partial charge in [0.25, 0.3) is 0 Å². The van der Waals surface area contributed by atoms with Crippen LogP contribution in [0.15, 0.2) is 0 Å². The van der Waals surface area contributed by atoms with Gasteiger partial charge in [-0.15, -0.1) is 24.0 Å². The molecule has 0 aliphatic rings. The molecule has 0 saturated heterocycles. The second-order valence-electron chi connectivity index (χ2n) is 1.85. The van der Waals surface area contributed by atoms with Crippen LogP contribution in [0.3, 0.4) is 0 Å². The van der Waals surface area contributed by atoms with E-state index < -0.39 is 0 Å². The van der Waals surface area contributed by atoms with Crippen LogP contribution in [0, 0.1) is 5.21 Å². The molecule has 0 bridgehead atoms. The smallest absolute Gasteiger partial charge is 0.0766 e. The first-order valence-electron chi connectivity index (χ1n) is 2.82. The fraction of sp³-hybridized carbons (Fsp3) is 1.00. The minimum atomic E-state index is 0. The van der Waals surface area contributed by atoms with Crippen LogP contribution in [0.4, 0.5) is 0 Å². The third-order valence-corrected chi connectivity index (χ3v) is 1.18. The molecule has 0 fully saturated rings. The lowest BCUT2D eigenvalue weighted by atomic mass is 10.3. The van der Waals surface area contributed by atoms with E-state index in [2.05, 4.69) is 0 Å². The average Bonchev–Trinajstić information content (AvgIpc) is 1.66. The molecule has 0 aliphatic carbocycles. The molecule has 1 N–H and O–H groups in total. The second-order valence-corrected chi connectivity index (χ2v) is 2.23. The Morgan fingerprint density at radius 1 is 1.44 bits per heavy atom. The molecule has 0 aromatic carbocycles. The molecule has 1 atom stereocenters. The summed E-state index contributed by atoms with van der Waals surface area (Å²) in [6.07, 6.45) is 1.90. The summed E-state index contributed by atoms with van der Waals surface area (Å²) in [6, 6.07) is 0. The van der Waals surface area contributed by atoms with E-state index in [1.165, 1.54) is 0 Å². The van der Waals surface area contributed by atoms with Crippen molar-refractivity contribution in [2.75, 3.05) is 19.5 Å². The largest absolute Gasteiger partial charge is 0.634 e. The Balaban J connectivity index is 0. The molecule has 58 valence electrons. The zero-order valence-electron chi connectivity index (χ0n) is 5.52. The van der Waals surface area contributed by atoms with E-state index >= 15 is 0 Å². The fourth-order valence-corrected chi connectivity index (χ4v) is 0.657. The molecule has 0 aliphatic heterocycles. The summed E-state index contributed by atoms with van der Waals surface area (Å²) >= 11 is 5.37. The number of hydrogen-bond acceptors (Lipinski definition) is 1. The molecule has 4 heteroatoms. The lowest BCUT2D eigenvalue weighted by Crippen LogP contribution is -3.03. The number of unbranched alkanes of at least 4 members (excludes halogenated alkanes) is 1. The Morgan fingerprint density at radius 3 is 2.33 bits per heavy atom. The van der Waals surface area contributed by atoms with Crippen molar-refractivity contribution < 1.29 is 5.06 Å². The molecule has 0 aromatic heterocycles. The van der Waals surface area contributed by atoms with Crippen molar-refractivity contribution in [2.24, 2.45) is 0 Å². The van der Waals surface area contributed by atoms with Crippen LogP contribution in [0.25, 0.3) is 0 Å². The summed E-state index contributed by atoms with van der Waals surface area (Å²) in [7, 11) is 1.61. The molecular weight excluding hydrogens is 161 g/mol. The molecule has 9 heavy (non-hydrogen) atoms. The van der Waals surface area contributed by atoms with Crippen molar-refractivity contribution in [3.05, 3.63) is 5.21 Å². The minimum Gasteiger partial charge on any atom is -0.634 e. The summed E-state index contributed by atoms with van der Waals surface area (Å²) in [6.45, 7) is 0.687. The van der Waals surface area contributed by atoms with Crippen molar-refractivity contribution in [1.82, 2.24) is 0 Å². The van der Waals surface area contributed by atoms with Crippen LogP contribution in [-0.2, 0) is 0 Å². The van der Waals surface area contributed by atoms with Gasteiger partial charge in [0, 0.05) is 5.88 Å². The quantitative estimate of drug-likeness (QED) is 0.373. The standard InChI is InChI=1S/C5H12ClNO.ClH/c1-7(8)5-3-2-4-6;/h7H,2-5H2,1H3;1H. The maximum absolute atomic E-state index is 10.3. The van der Waals surface area contributed by atoms with Crippen LogP contribution >= 0.6 is 24.0 Å². The number of hydrogen-bond donors (Lipinski definition) is 1. The van der Waals surface area contributed by atoms with Gasteiger partial charge in [-0.2, -0.15) is 0 Å². The highest BCUT2D eigenvalue weighted by atomic mass is 35.5. The molecule has 1 unspecified atom stereocenters. The third-order valence-electron chi connectivity index (χ3n) is 0.912. The first-order chi connectivity index (χ1) is 3.77. The predicted octanol–water partition coefficient (Wildman–Crippen LogP) is 0.440. The normalized spacial score (nSPS) is 12.3. The van der Waals surface area contributed by atoms with Gasteiger partial charge in [0.2, 0.25) is 0 Å². The van der Waals surface area contributed by atoms with E-state index in [0.29, 0.717) is 12.4 Å². The zero-order chi connectivity index (χ0) is 6.41. The van der Waals surface area contributed by atoms with Crippen LogP contribution < -0.4 is 5.06 Å². The highest BCUT2D eigenvalue weighted by Crippen LogP contribution is 1.86. The third kappa shape index (κ3) is 11.9. The van der Waals surface area contributed by atoms with Gasteiger partial charge in [0.1, 0.15) is 0 Å². The van der Waals surface area contributed by atoms with Gasteiger partial charge in [-0.3, -0.25) is 0 Å². The second kappa shape index (κ2) is 8.50. The minimum absolute atomic E-state index is 0. The Kier molecular flexibility index (Phi) is 11.5. The molecule has 0 spiro atoms. The molecule has 2 nitrogen and oxygen atoms in total. The lowest BCUT2D eigenvalue weighted by Gasteiger charge is -2.14. The molecule has 0 amide bonds. The summed E-state index contributed by atoms with van der Waals surface area (Å²) in [5.74, 6) is 0.674. The summed E-state index contributed by atoms with van der Waals surface area (Å²) in [5, 5.41) is 10.5. The Morgan fingerprint density at radius 2 is 2.00 bits per heavy atom. The van der Waals surface area contributed by atoms with Crippen molar-refractivity contribution in [3.8, 4) is 0 Å². The number of hydroxylamine groups is 2. The number of quaternary nitrogens is 1. The van der Waals surface area contributed by atoms with Gasteiger partial charge < -0.3 is 10.3 Å². The van der Waals surface area contributed by atoms with Gasteiger partial charge in [-0.1, -0.05) is 0 Å². The molecular formula is C5H13Cl2NO. The number of halogens is 2. The Hall–Kier alpha value is 0.500. The van der Waals surface area contributed by atoms with Gasteiger partial charge in [0.15, 0.2) is 0 Å². The van der Waals surface area contributed by atoms with Crippen molar-refractivity contribution >= 4 is 24.0 Å². The molecule has 0 rings (SSSR count). The topological polar surface area (TPSA) is 27.5 Å². The first-order valence-corrected chi connectivity index (χ1v) is 3.36. The van der Waals surface area contributed by atoms with Crippen molar-refractivity contribution in [3.63, 3.8) is 0 Å². The number of nitrogens with one attached hydrogen (secondary N) is 1. The first kappa shape index (κ1) is 12.2. The summed E-state index contributed by atoms with van der Waals surface area (Å²) < 4.78 is 0. The fourth-order valence-electron chi connectivity index (χ4n) is 0.468. The van der Waals surface area contributed by atoms with Crippen LogP contribution in [0.2, 0.25) is 0 Å². The Bertz CT molecular complexity index is 52.2. The zero-order valence-corrected chi connectivity index (χ0v) is 7.10. The molecule has 0 radical (unpaired) electrons. The van der Waals surface area contributed by atoms with Gasteiger partial charge in [0.05, 0.1) is 13.6 Å². The SMILES string of the molecule is C[NH+]([O-])CCCCCl.Cl. The highest BCUT2D eigenvalue weighted by Gasteiger charge is 1.87. The van der Waals surface area contributed by atoms with Gasteiger partial charge >= 0.3 is 0 Å². The van der Waals surface area contributed by atoms with E-state index in [-0.39, 0.29) is 17.5 Å². The maximum atomic E-state index is 10.3. The van der Waals surface area contributed by atoms with E-state index in [1.54, 1.807) is 7.05 Å². The van der Waals surface area contributed by atoms with E-state index in [9.17, 15) is 5.21 Å². The maximum Gasteiger partial charge on any atom is 0.0766 e.